The lowest BCUT2D eigenvalue weighted by molar-refractivity contribution is -0.142. The van der Waals surface area contributed by atoms with Gasteiger partial charge in [0.15, 0.2) is 0 Å². The van der Waals surface area contributed by atoms with Crippen LogP contribution in [0.4, 0.5) is 0 Å². The van der Waals surface area contributed by atoms with Crippen LogP contribution >= 0.6 is 11.6 Å². The number of carbonyl (C=O) groups is 2. The van der Waals surface area contributed by atoms with E-state index in [0.717, 1.165) is 18.4 Å². The maximum absolute atomic E-state index is 12.4. The third-order valence-electron chi connectivity index (χ3n) is 4.32. The molecule has 134 valence electrons. The molecular weight excluding hydrogens is 342 g/mol. The molecule has 7 heteroatoms. The molecular formula is C18H22ClN3O3. The summed E-state index contributed by atoms with van der Waals surface area (Å²) in [6.07, 6.45) is 3.21. The van der Waals surface area contributed by atoms with E-state index >= 15 is 0 Å². The van der Waals surface area contributed by atoms with Crippen LogP contribution in [-0.4, -0.2) is 42.5 Å². The Morgan fingerprint density at radius 1 is 1.28 bits per heavy atom. The summed E-state index contributed by atoms with van der Waals surface area (Å²) in [5, 5.41) is 12.8. The number of rotatable bonds is 7. The highest BCUT2D eigenvalue weighted by Crippen LogP contribution is 2.28. The van der Waals surface area contributed by atoms with E-state index in [1.807, 2.05) is 12.1 Å². The maximum Gasteiger partial charge on any atom is 0.319 e. The lowest BCUT2D eigenvalue weighted by atomic mass is 10.00. The van der Waals surface area contributed by atoms with E-state index in [1.54, 1.807) is 17.0 Å². The minimum absolute atomic E-state index is 0.00784. The smallest absolute Gasteiger partial charge is 0.319 e. The van der Waals surface area contributed by atoms with Gasteiger partial charge in [0.1, 0.15) is 5.54 Å². The van der Waals surface area contributed by atoms with Crippen molar-refractivity contribution in [2.45, 2.75) is 37.8 Å². The number of nitrogens with zero attached hydrogens (tertiary/aromatic N) is 2. The summed E-state index contributed by atoms with van der Waals surface area (Å²) < 4.78 is 4.71. The minimum Gasteiger partial charge on any atom is -0.468 e. The normalized spacial score (nSPS) is 15.6. The Balaban J connectivity index is 2.01. The van der Waals surface area contributed by atoms with Crippen LogP contribution in [0.15, 0.2) is 24.3 Å². The van der Waals surface area contributed by atoms with Gasteiger partial charge in [-0.3, -0.25) is 14.5 Å². The average Bonchev–Trinajstić information content (AvgIpc) is 3.05. The standard InChI is InChI=1S/C18H22ClN3O3/c1-25-17(24)12-22(10-14-4-6-15(19)7-5-14)11-16(23)21-18(13-20)8-2-3-9-18/h4-7H,2-3,8-12H2,1H3,(H,21,23). The van der Waals surface area contributed by atoms with E-state index in [9.17, 15) is 14.9 Å². The lowest BCUT2D eigenvalue weighted by Gasteiger charge is -2.25. The van der Waals surface area contributed by atoms with Crippen LogP contribution in [0.2, 0.25) is 5.02 Å². The van der Waals surface area contributed by atoms with Crippen LogP contribution in [0, 0.1) is 11.3 Å². The molecule has 6 nitrogen and oxygen atoms in total. The fourth-order valence-corrected chi connectivity index (χ4v) is 3.14. The third-order valence-corrected chi connectivity index (χ3v) is 4.57. The van der Waals surface area contributed by atoms with Gasteiger partial charge in [0.2, 0.25) is 5.91 Å². The molecule has 1 saturated carbocycles. The number of esters is 1. The Bertz CT molecular complexity index is 649. The molecule has 0 atom stereocenters. The number of ether oxygens (including phenoxy) is 1. The molecule has 0 bridgehead atoms. The molecule has 1 aromatic carbocycles. The molecule has 25 heavy (non-hydrogen) atoms. The van der Waals surface area contributed by atoms with Gasteiger partial charge in [-0.2, -0.15) is 5.26 Å². The molecule has 0 aromatic heterocycles. The Morgan fingerprint density at radius 2 is 1.92 bits per heavy atom. The second-order valence-electron chi connectivity index (χ2n) is 6.30. The summed E-state index contributed by atoms with van der Waals surface area (Å²) in [4.78, 5) is 25.7. The van der Waals surface area contributed by atoms with Crippen LogP contribution in [-0.2, 0) is 20.9 Å². The monoisotopic (exact) mass is 363 g/mol. The highest BCUT2D eigenvalue weighted by Gasteiger charge is 2.35. The van der Waals surface area contributed by atoms with Crippen molar-refractivity contribution in [3.63, 3.8) is 0 Å². The quantitative estimate of drug-likeness (QED) is 0.751. The van der Waals surface area contributed by atoms with Gasteiger partial charge in [-0.05, 0) is 43.4 Å². The van der Waals surface area contributed by atoms with E-state index in [-0.39, 0.29) is 19.0 Å². The maximum atomic E-state index is 12.4. The molecule has 1 aliphatic rings. The molecule has 0 aliphatic heterocycles. The Labute approximate surface area is 152 Å². The van der Waals surface area contributed by atoms with Crippen molar-refractivity contribution in [1.82, 2.24) is 10.2 Å². The number of methoxy groups -OCH3 is 1. The van der Waals surface area contributed by atoms with Crippen molar-refractivity contribution in [1.29, 1.82) is 5.26 Å². The zero-order valence-electron chi connectivity index (χ0n) is 14.3. The summed E-state index contributed by atoms with van der Waals surface area (Å²) in [7, 11) is 1.31. The SMILES string of the molecule is COC(=O)CN(CC(=O)NC1(C#N)CCCC1)Cc1ccc(Cl)cc1. The Morgan fingerprint density at radius 3 is 2.48 bits per heavy atom. The average molecular weight is 364 g/mol. The summed E-state index contributed by atoms with van der Waals surface area (Å²) in [6.45, 7) is 0.409. The predicted molar refractivity (Wildman–Crippen MR) is 93.7 cm³/mol. The van der Waals surface area contributed by atoms with E-state index < -0.39 is 11.5 Å². The van der Waals surface area contributed by atoms with Gasteiger partial charge in [0.25, 0.3) is 0 Å². The van der Waals surface area contributed by atoms with Gasteiger partial charge in [-0.25, -0.2) is 0 Å². The summed E-state index contributed by atoms with van der Waals surface area (Å²) in [5.74, 6) is -0.682. The van der Waals surface area contributed by atoms with Crippen LogP contribution in [0.25, 0.3) is 0 Å². The van der Waals surface area contributed by atoms with E-state index in [0.29, 0.717) is 24.4 Å². The van der Waals surface area contributed by atoms with Gasteiger partial charge in [-0.15, -0.1) is 0 Å². The molecule has 0 unspecified atom stereocenters. The van der Waals surface area contributed by atoms with Crippen molar-refractivity contribution < 1.29 is 14.3 Å². The third kappa shape index (κ3) is 5.73. The number of nitriles is 1. The first-order valence-electron chi connectivity index (χ1n) is 8.22. The fraction of sp³-hybridized carbons (Fsp3) is 0.500. The Kier molecular flexibility index (Phi) is 6.80. The van der Waals surface area contributed by atoms with Gasteiger partial charge < -0.3 is 10.1 Å². The summed E-state index contributed by atoms with van der Waals surface area (Å²) in [6, 6.07) is 9.44. The first-order chi connectivity index (χ1) is 12.0. The number of benzene rings is 1. The fourth-order valence-electron chi connectivity index (χ4n) is 3.02. The zero-order valence-corrected chi connectivity index (χ0v) is 15.0. The number of amides is 1. The van der Waals surface area contributed by atoms with E-state index in [2.05, 4.69) is 11.4 Å². The number of nitrogens with one attached hydrogen (secondary N) is 1. The van der Waals surface area contributed by atoms with Crippen LogP contribution in [0.5, 0.6) is 0 Å². The molecule has 1 N–H and O–H groups in total. The van der Waals surface area contributed by atoms with Crippen molar-refractivity contribution in [2.24, 2.45) is 0 Å². The van der Waals surface area contributed by atoms with Crippen molar-refractivity contribution >= 4 is 23.5 Å². The topological polar surface area (TPSA) is 82.4 Å². The first-order valence-corrected chi connectivity index (χ1v) is 8.60. The number of halogens is 1. The summed E-state index contributed by atoms with van der Waals surface area (Å²) in [5.41, 5.74) is 0.158. The molecule has 1 fully saturated rings. The molecule has 0 heterocycles. The number of hydrogen-bond acceptors (Lipinski definition) is 5. The Hall–Kier alpha value is -2.10. The van der Waals surface area contributed by atoms with Gasteiger partial charge in [-0.1, -0.05) is 23.7 Å². The van der Waals surface area contributed by atoms with Crippen LogP contribution < -0.4 is 5.32 Å². The first kappa shape index (κ1) is 19.2. The molecule has 0 spiro atoms. The minimum atomic E-state index is -0.770. The zero-order chi connectivity index (χ0) is 18.3. The highest BCUT2D eigenvalue weighted by molar-refractivity contribution is 6.30. The molecule has 1 aromatic rings. The van der Waals surface area contributed by atoms with E-state index in [4.69, 9.17) is 16.3 Å². The second-order valence-corrected chi connectivity index (χ2v) is 6.73. The lowest BCUT2D eigenvalue weighted by Crippen LogP contribution is -2.49. The summed E-state index contributed by atoms with van der Waals surface area (Å²) >= 11 is 5.88. The molecule has 0 radical (unpaired) electrons. The van der Waals surface area contributed by atoms with Crippen LogP contribution in [0.1, 0.15) is 31.2 Å². The van der Waals surface area contributed by atoms with Gasteiger partial charge in [0, 0.05) is 11.6 Å². The molecule has 1 amide bonds. The van der Waals surface area contributed by atoms with Crippen molar-refractivity contribution in [2.75, 3.05) is 20.2 Å². The number of carbonyl (C=O) groups excluding carboxylic acids is 2. The van der Waals surface area contributed by atoms with Crippen LogP contribution in [0.3, 0.4) is 0 Å². The predicted octanol–water partition coefficient (Wildman–Crippen LogP) is 2.27. The number of hydrogen-bond donors (Lipinski definition) is 1. The molecule has 1 aliphatic carbocycles. The van der Waals surface area contributed by atoms with Crippen molar-refractivity contribution in [3.8, 4) is 6.07 Å². The van der Waals surface area contributed by atoms with Gasteiger partial charge >= 0.3 is 5.97 Å². The molecule has 2 rings (SSSR count). The highest BCUT2D eigenvalue weighted by atomic mass is 35.5. The van der Waals surface area contributed by atoms with Gasteiger partial charge in [0.05, 0.1) is 26.3 Å². The van der Waals surface area contributed by atoms with Crippen molar-refractivity contribution in [3.05, 3.63) is 34.9 Å². The second kappa shape index (κ2) is 8.84. The largest absolute Gasteiger partial charge is 0.468 e. The van der Waals surface area contributed by atoms with E-state index in [1.165, 1.54) is 7.11 Å². The molecule has 0 saturated heterocycles.